The van der Waals surface area contributed by atoms with Crippen LogP contribution in [0.4, 0.5) is 5.69 Å². The van der Waals surface area contributed by atoms with Crippen LogP contribution in [0.1, 0.15) is 17.3 Å². The van der Waals surface area contributed by atoms with E-state index in [1.54, 1.807) is 0 Å². The number of ketones is 1. The minimum Gasteiger partial charge on any atom is -0.313 e. The number of aromatic nitrogens is 2. The molecule has 0 spiro atoms. The number of nitrogens with one attached hydrogen (secondary N) is 3. The summed E-state index contributed by atoms with van der Waals surface area (Å²) < 4.78 is 26.2. The zero-order chi connectivity index (χ0) is 15.6. The Morgan fingerprint density at radius 3 is 2.29 bits per heavy atom. The largest absolute Gasteiger partial charge is 0.325 e. The molecule has 8 nitrogen and oxygen atoms in total. The number of H-pyrrole nitrogens is 2. The highest BCUT2D eigenvalue weighted by Crippen LogP contribution is 2.14. The molecule has 0 unspecified atom stereocenters. The first-order valence-electron chi connectivity index (χ1n) is 5.75. The van der Waals surface area contributed by atoms with Gasteiger partial charge in [0.1, 0.15) is 0 Å². The van der Waals surface area contributed by atoms with Gasteiger partial charge in [0, 0.05) is 17.4 Å². The van der Waals surface area contributed by atoms with Crippen molar-refractivity contribution < 1.29 is 13.2 Å². The molecule has 0 saturated heterocycles. The average Bonchev–Trinajstić information content (AvgIpc) is 2.38. The molecule has 0 amide bonds. The number of hydrogen-bond donors (Lipinski definition) is 3. The number of anilines is 1. The Kier molecular flexibility index (Phi) is 3.76. The second kappa shape index (κ2) is 5.37. The van der Waals surface area contributed by atoms with E-state index >= 15 is 0 Å². The van der Waals surface area contributed by atoms with Crippen LogP contribution >= 0.6 is 0 Å². The lowest BCUT2D eigenvalue weighted by Crippen LogP contribution is -2.29. The third-order valence-electron chi connectivity index (χ3n) is 2.62. The van der Waals surface area contributed by atoms with Crippen LogP contribution in [0.25, 0.3) is 0 Å². The number of hydrogen-bond acceptors (Lipinski definition) is 5. The molecule has 9 heteroatoms. The lowest BCUT2D eigenvalue weighted by molar-refractivity contribution is 0.101. The first-order valence-corrected chi connectivity index (χ1v) is 7.24. The van der Waals surface area contributed by atoms with Gasteiger partial charge in [-0.1, -0.05) is 0 Å². The van der Waals surface area contributed by atoms with Crippen molar-refractivity contribution in [3.8, 4) is 0 Å². The summed E-state index contributed by atoms with van der Waals surface area (Å²) in [7, 11) is -4.14. The molecule has 21 heavy (non-hydrogen) atoms. The zero-order valence-corrected chi connectivity index (χ0v) is 11.7. The van der Waals surface area contributed by atoms with Crippen LogP contribution in [0.2, 0.25) is 0 Å². The van der Waals surface area contributed by atoms with Crippen LogP contribution in [-0.4, -0.2) is 24.2 Å². The van der Waals surface area contributed by atoms with E-state index < -0.39 is 26.2 Å². The maximum Gasteiger partial charge on any atom is 0.325 e. The Labute approximate surface area is 118 Å². The summed E-state index contributed by atoms with van der Waals surface area (Å²) in [4.78, 5) is 36.8. The fourth-order valence-corrected chi connectivity index (χ4v) is 2.65. The third-order valence-corrected chi connectivity index (χ3v) is 4.01. The van der Waals surface area contributed by atoms with E-state index in [0.717, 1.165) is 6.20 Å². The Bertz CT molecular complexity index is 893. The summed E-state index contributed by atoms with van der Waals surface area (Å²) in [6, 6.07) is 5.71. The van der Waals surface area contributed by atoms with Gasteiger partial charge in [0.25, 0.3) is 15.6 Å². The number of carbonyl (C=O) groups is 1. The number of carbonyl (C=O) groups excluding carboxylic acids is 1. The Morgan fingerprint density at radius 1 is 1.14 bits per heavy atom. The maximum atomic E-state index is 12.0. The highest BCUT2D eigenvalue weighted by molar-refractivity contribution is 7.92. The first kappa shape index (κ1) is 14.7. The molecule has 1 aromatic heterocycles. The molecule has 1 heterocycles. The van der Waals surface area contributed by atoms with Gasteiger partial charge in [0.15, 0.2) is 10.7 Å². The SMILES string of the molecule is CC(=O)c1ccc(NS(=O)(=O)c2c[nH]c(=O)[nH]c2=O)cc1. The first-order chi connectivity index (χ1) is 9.79. The molecule has 0 saturated carbocycles. The second-order valence-electron chi connectivity index (χ2n) is 4.18. The molecular weight excluding hydrogens is 298 g/mol. The lowest BCUT2D eigenvalue weighted by atomic mass is 10.1. The van der Waals surface area contributed by atoms with E-state index in [-0.39, 0.29) is 11.5 Å². The van der Waals surface area contributed by atoms with Crippen LogP contribution in [-0.2, 0) is 10.0 Å². The van der Waals surface area contributed by atoms with E-state index in [9.17, 15) is 22.8 Å². The molecule has 0 radical (unpaired) electrons. The summed E-state index contributed by atoms with van der Waals surface area (Å²) in [6.45, 7) is 1.39. The van der Waals surface area contributed by atoms with Crippen molar-refractivity contribution in [1.82, 2.24) is 9.97 Å². The molecule has 0 bridgehead atoms. The minimum atomic E-state index is -4.14. The molecule has 110 valence electrons. The minimum absolute atomic E-state index is 0.151. The van der Waals surface area contributed by atoms with Gasteiger partial charge in [0.2, 0.25) is 0 Å². The third kappa shape index (κ3) is 3.26. The average molecular weight is 309 g/mol. The quantitative estimate of drug-likeness (QED) is 0.688. The molecule has 3 N–H and O–H groups in total. The van der Waals surface area contributed by atoms with E-state index in [1.165, 1.54) is 31.2 Å². The van der Waals surface area contributed by atoms with Crippen LogP contribution in [0, 0.1) is 0 Å². The van der Waals surface area contributed by atoms with E-state index in [0.29, 0.717) is 5.56 Å². The molecule has 0 aliphatic heterocycles. The smallest absolute Gasteiger partial charge is 0.313 e. The Hall–Kier alpha value is -2.68. The van der Waals surface area contributed by atoms with Crippen molar-refractivity contribution in [2.45, 2.75) is 11.8 Å². The summed E-state index contributed by atoms with van der Waals surface area (Å²) in [5, 5.41) is 0. The van der Waals surface area contributed by atoms with Gasteiger partial charge in [-0.15, -0.1) is 0 Å². The van der Waals surface area contributed by atoms with Crippen molar-refractivity contribution in [3.05, 3.63) is 56.9 Å². The number of rotatable bonds is 4. The Morgan fingerprint density at radius 2 is 1.76 bits per heavy atom. The van der Waals surface area contributed by atoms with Crippen molar-refractivity contribution in [1.29, 1.82) is 0 Å². The van der Waals surface area contributed by atoms with Gasteiger partial charge in [-0.05, 0) is 31.2 Å². The van der Waals surface area contributed by atoms with Gasteiger partial charge >= 0.3 is 5.69 Å². The summed E-state index contributed by atoms with van der Waals surface area (Å²) in [6.07, 6.45) is 0.813. The van der Waals surface area contributed by atoms with E-state index in [2.05, 4.69) is 9.71 Å². The van der Waals surface area contributed by atoms with Gasteiger partial charge < -0.3 is 4.98 Å². The molecule has 0 atom stereocenters. The number of Topliss-reactive ketones (excluding diaryl/α,β-unsaturated/α-hetero) is 1. The van der Waals surface area contributed by atoms with Crippen LogP contribution < -0.4 is 16.0 Å². The summed E-state index contributed by atoms with van der Waals surface area (Å²) >= 11 is 0. The number of aromatic amines is 2. The Balaban J connectivity index is 2.35. The lowest BCUT2D eigenvalue weighted by Gasteiger charge is -2.07. The predicted octanol–water partition coefficient (Wildman–Crippen LogP) is 0.0666. The van der Waals surface area contributed by atoms with Crippen molar-refractivity contribution in [2.24, 2.45) is 0 Å². The molecule has 0 aliphatic rings. The summed E-state index contributed by atoms with van der Waals surface area (Å²) in [5.74, 6) is -0.151. The summed E-state index contributed by atoms with van der Waals surface area (Å²) in [5.41, 5.74) is -1.21. The maximum absolute atomic E-state index is 12.0. The monoisotopic (exact) mass is 309 g/mol. The number of sulfonamides is 1. The molecular formula is C12H11N3O5S. The second-order valence-corrected chi connectivity index (χ2v) is 5.83. The number of benzene rings is 1. The fourth-order valence-electron chi connectivity index (χ4n) is 1.58. The standard InChI is InChI=1S/C12H11N3O5S/c1-7(16)8-2-4-9(5-3-8)15-21(19,20)10-6-13-12(18)14-11(10)17/h2-6,15H,1H3,(H2,13,14,17,18). The fraction of sp³-hybridized carbons (Fsp3) is 0.0833. The van der Waals surface area contributed by atoms with E-state index in [4.69, 9.17) is 0 Å². The van der Waals surface area contributed by atoms with Crippen molar-refractivity contribution >= 4 is 21.5 Å². The highest BCUT2D eigenvalue weighted by Gasteiger charge is 2.18. The van der Waals surface area contributed by atoms with Crippen LogP contribution in [0.3, 0.4) is 0 Å². The van der Waals surface area contributed by atoms with Crippen LogP contribution in [0.15, 0.2) is 44.9 Å². The van der Waals surface area contributed by atoms with Gasteiger partial charge in [-0.3, -0.25) is 19.3 Å². The molecule has 0 fully saturated rings. The highest BCUT2D eigenvalue weighted by atomic mass is 32.2. The molecule has 0 aliphatic carbocycles. The molecule has 1 aromatic carbocycles. The topological polar surface area (TPSA) is 129 Å². The predicted molar refractivity (Wildman–Crippen MR) is 74.9 cm³/mol. The zero-order valence-electron chi connectivity index (χ0n) is 10.8. The van der Waals surface area contributed by atoms with Gasteiger partial charge in [-0.2, -0.15) is 0 Å². The van der Waals surface area contributed by atoms with Crippen molar-refractivity contribution in [2.75, 3.05) is 4.72 Å². The van der Waals surface area contributed by atoms with E-state index in [1.807, 2.05) is 4.98 Å². The van der Waals surface area contributed by atoms with Gasteiger partial charge in [0.05, 0.1) is 0 Å². The van der Waals surface area contributed by atoms with Crippen molar-refractivity contribution in [3.63, 3.8) is 0 Å². The normalized spacial score (nSPS) is 11.1. The molecule has 2 aromatic rings. The molecule has 2 rings (SSSR count). The van der Waals surface area contributed by atoms with Crippen LogP contribution in [0.5, 0.6) is 0 Å². The van der Waals surface area contributed by atoms with Gasteiger partial charge in [-0.25, -0.2) is 13.2 Å².